The van der Waals surface area contributed by atoms with E-state index < -0.39 is 18.0 Å². The van der Waals surface area contributed by atoms with Crippen LogP contribution in [0.4, 0.5) is 5.69 Å². The van der Waals surface area contributed by atoms with E-state index in [1.807, 2.05) is 6.07 Å². The molecule has 0 aliphatic carbocycles. The maximum Gasteiger partial charge on any atom is 0.331 e. The van der Waals surface area contributed by atoms with Gasteiger partial charge >= 0.3 is 5.97 Å². The molecule has 126 valence electrons. The van der Waals surface area contributed by atoms with Gasteiger partial charge in [-0.15, -0.1) is 0 Å². The number of carbonyl (C=O) groups excluding carboxylic acids is 2. The third-order valence-electron chi connectivity index (χ3n) is 3.20. The SMILES string of the molecule is C[C@H](OC(=O)/C=C/c1cccc(Cl)c1)C(=O)Nc1ccc(C#N)cc1. The van der Waals surface area contributed by atoms with E-state index in [0.29, 0.717) is 16.3 Å². The molecule has 0 aliphatic heterocycles. The third kappa shape index (κ3) is 5.79. The van der Waals surface area contributed by atoms with Crippen LogP contribution < -0.4 is 5.32 Å². The Balaban J connectivity index is 1.89. The fourth-order valence-corrected chi connectivity index (χ4v) is 2.11. The quantitative estimate of drug-likeness (QED) is 0.654. The van der Waals surface area contributed by atoms with Crippen molar-refractivity contribution in [1.82, 2.24) is 0 Å². The molecule has 0 heterocycles. The van der Waals surface area contributed by atoms with Gasteiger partial charge in [-0.2, -0.15) is 5.26 Å². The second kappa shape index (κ2) is 8.67. The van der Waals surface area contributed by atoms with Crippen LogP contribution in [0.25, 0.3) is 6.08 Å². The number of ether oxygens (including phenoxy) is 1. The standard InChI is InChI=1S/C19H15ClN2O3/c1-13(19(24)22-17-8-5-15(12-21)6-9-17)25-18(23)10-7-14-3-2-4-16(20)11-14/h2-11,13H,1H3,(H,22,24)/b10-7+/t13-/m0/s1. The molecule has 0 aliphatic rings. The van der Waals surface area contributed by atoms with Gasteiger partial charge in [-0.3, -0.25) is 4.79 Å². The summed E-state index contributed by atoms with van der Waals surface area (Å²) in [5, 5.41) is 11.9. The van der Waals surface area contributed by atoms with Crippen LogP contribution in [0, 0.1) is 11.3 Å². The predicted octanol–water partition coefficient (Wildman–Crippen LogP) is 3.80. The molecule has 2 aromatic rings. The lowest BCUT2D eigenvalue weighted by atomic mass is 10.2. The van der Waals surface area contributed by atoms with Crippen LogP contribution in [0.1, 0.15) is 18.1 Å². The molecule has 2 rings (SSSR count). The van der Waals surface area contributed by atoms with E-state index in [1.54, 1.807) is 54.6 Å². The van der Waals surface area contributed by atoms with E-state index in [-0.39, 0.29) is 0 Å². The Morgan fingerprint density at radius 1 is 1.24 bits per heavy atom. The Morgan fingerprint density at radius 3 is 2.60 bits per heavy atom. The molecule has 1 atom stereocenters. The van der Waals surface area contributed by atoms with Crippen LogP contribution in [0.5, 0.6) is 0 Å². The molecule has 0 radical (unpaired) electrons. The van der Waals surface area contributed by atoms with Crippen LogP contribution in [0.2, 0.25) is 5.02 Å². The summed E-state index contributed by atoms with van der Waals surface area (Å²) in [7, 11) is 0. The second-order valence-electron chi connectivity index (χ2n) is 5.15. The first-order valence-electron chi connectivity index (χ1n) is 7.43. The zero-order valence-electron chi connectivity index (χ0n) is 13.4. The summed E-state index contributed by atoms with van der Waals surface area (Å²) in [6.45, 7) is 1.48. The van der Waals surface area contributed by atoms with Crippen molar-refractivity contribution in [2.75, 3.05) is 5.32 Å². The number of anilines is 1. The molecule has 1 N–H and O–H groups in total. The van der Waals surface area contributed by atoms with Crippen molar-refractivity contribution in [3.05, 3.63) is 70.8 Å². The molecule has 0 fully saturated rings. The minimum Gasteiger partial charge on any atom is -0.449 e. The number of carbonyl (C=O) groups is 2. The van der Waals surface area contributed by atoms with Crippen molar-refractivity contribution in [3.63, 3.8) is 0 Å². The molecule has 0 bridgehead atoms. The van der Waals surface area contributed by atoms with Crippen molar-refractivity contribution in [3.8, 4) is 6.07 Å². The molecule has 1 amide bonds. The van der Waals surface area contributed by atoms with Crippen LogP contribution in [-0.2, 0) is 14.3 Å². The number of benzene rings is 2. The van der Waals surface area contributed by atoms with E-state index in [1.165, 1.54) is 13.0 Å². The van der Waals surface area contributed by atoms with Gasteiger partial charge < -0.3 is 10.1 Å². The molecule has 2 aromatic carbocycles. The summed E-state index contributed by atoms with van der Waals surface area (Å²) in [6, 6.07) is 15.3. The molecule has 25 heavy (non-hydrogen) atoms. The zero-order chi connectivity index (χ0) is 18.2. The summed E-state index contributed by atoms with van der Waals surface area (Å²) in [4.78, 5) is 23.8. The smallest absolute Gasteiger partial charge is 0.331 e. The van der Waals surface area contributed by atoms with Gasteiger partial charge in [0.2, 0.25) is 0 Å². The molecular formula is C19H15ClN2O3. The number of esters is 1. The Morgan fingerprint density at radius 2 is 1.96 bits per heavy atom. The van der Waals surface area contributed by atoms with Gasteiger partial charge in [-0.25, -0.2) is 4.79 Å². The first-order chi connectivity index (χ1) is 12.0. The third-order valence-corrected chi connectivity index (χ3v) is 3.44. The fraction of sp³-hybridized carbons (Fsp3) is 0.105. The number of halogens is 1. The average Bonchev–Trinajstić information content (AvgIpc) is 2.60. The summed E-state index contributed by atoms with van der Waals surface area (Å²) in [6.07, 6.45) is 1.82. The minimum absolute atomic E-state index is 0.464. The number of nitrogens with one attached hydrogen (secondary N) is 1. The maximum absolute atomic E-state index is 12.0. The number of rotatable bonds is 5. The molecular weight excluding hydrogens is 340 g/mol. The maximum atomic E-state index is 12.0. The van der Waals surface area contributed by atoms with Gasteiger partial charge in [0.05, 0.1) is 11.6 Å². The van der Waals surface area contributed by atoms with E-state index in [4.69, 9.17) is 21.6 Å². The topological polar surface area (TPSA) is 79.2 Å². The summed E-state index contributed by atoms with van der Waals surface area (Å²) >= 11 is 5.86. The molecule has 0 aromatic heterocycles. The van der Waals surface area contributed by atoms with Gasteiger partial charge in [0.1, 0.15) is 0 Å². The van der Waals surface area contributed by atoms with E-state index >= 15 is 0 Å². The lowest BCUT2D eigenvalue weighted by Gasteiger charge is -2.12. The minimum atomic E-state index is -0.966. The van der Waals surface area contributed by atoms with Crippen molar-refractivity contribution in [1.29, 1.82) is 5.26 Å². The van der Waals surface area contributed by atoms with Gasteiger partial charge in [-0.1, -0.05) is 23.7 Å². The largest absolute Gasteiger partial charge is 0.449 e. The van der Waals surface area contributed by atoms with E-state index in [9.17, 15) is 9.59 Å². The molecule has 0 saturated carbocycles. The highest BCUT2D eigenvalue weighted by molar-refractivity contribution is 6.30. The van der Waals surface area contributed by atoms with Crippen LogP contribution in [-0.4, -0.2) is 18.0 Å². The van der Waals surface area contributed by atoms with E-state index in [2.05, 4.69) is 5.32 Å². The lowest BCUT2D eigenvalue weighted by Crippen LogP contribution is -2.29. The molecule has 0 spiro atoms. The summed E-state index contributed by atoms with van der Waals surface area (Å²) in [5.74, 6) is -1.10. The second-order valence-corrected chi connectivity index (χ2v) is 5.58. The Kier molecular flexibility index (Phi) is 6.33. The predicted molar refractivity (Wildman–Crippen MR) is 95.8 cm³/mol. The number of amides is 1. The monoisotopic (exact) mass is 354 g/mol. The van der Waals surface area contributed by atoms with Gasteiger partial charge in [0.15, 0.2) is 6.10 Å². The molecule has 5 nitrogen and oxygen atoms in total. The van der Waals surface area contributed by atoms with Gasteiger partial charge in [-0.05, 0) is 55.0 Å². The average molecular weight is 355 g/mol. The molecule has 0 saturated heterocycles. The van der Waals surface area contributed by atoms with Crippen molar-refractivity contribution >= 4 is 35.2 Å². The molecule has 6 heteroatoms. The highest BCUT2D eigenvalue weighted by Gasteiger charge is 2.16. The summed E-state index contributed by atoms with van der Waals surface area (Å²) in [5.41, 5.74) is 1.75. The number of nitrogens with zero attached hydrogens (tertiary/aromatic N) is 1. The van der Waals surface area contributed by atoms with Crippen molar-refractivity contribution in [2.24, 2.45) is 0 Å². The lowest BCUT2D eigenvalue weighted by molar-refractivity contribution is -0.148. The van der Waals surface area contributed by atoms with Gasteiger partial charge in [0.25, 0.3) is 5.91 Å². The normalized spacial score (nSPS) is 11.6. The number of hydrogen-bond acceptors (Lipinski definition) is 4. The highest BCUT2D eigenvalue weighted by atomic mass is 35.5. The van der Waals surface area contributed by atoms with Gasteiger partial charge in [0, 0.05) is 16.8 Å². The zero-order valence-corrected chi connectivity index (χ0v) is 14.2. The Bertz CT molecular complexity index is 838. The number of hydrogen-bond donors (Lipinski definition) is 1. The van der Waals surface area contributed by atoms with Crippen molar-refractivity contribution < 1.29 is 14.3 Å². The first kappa shape index (κ1) is 18.2. The first-order valence-corrected chi connectivity index (χ1v) is 7.81. The molecule has 0 unspecified atom stereocenters. The highest BCUT2D eigenvalue weighted by Crippen LogP contribution is 2.12. The Hall–Kier alpha value is -3.10. The number of nitriles is 1. The van der Waals surface area contributed by atoms with Crippen LogP contribution in [0.15, 0.2) is 54.6 Å². The van der Waals surface area contributed by atoms with Crippen molar-refractivity contribution in [2.45, 2.75) is 13.0 Å². The van der Waals surface area contributed by atoms with Crippen LogP contribution in [0.3, 0.4) is 0 Å². The van der Waals surface area contributed by atoms with E-state index in [0.717, 1.165) is 5.56 Å². The summed E-state index contributed by atoms with van der Waals surface area (Å²) < 4.78 is 5.06. The fourth-order valence-electron chi connectivity index (χ4n) is 1.91. The Labute approximate surface area is 150 Å². The van der Waals surface area contributed by atoms with Crippen LogP contribution >= 0.6 is 11.6 Å².